The number of amides is 1. The van der Waals surface area contributed by atoms with Crippen LogP contribution in [-0.2, 0) is 9.53 Å². The SMILES string of the molecule is C[C@H](OC(=O)c1ccc(C2SCCS2)cc1)C(=O)Nc1cccc(F)c1. The highest BCUT2D eigenvalue weighted by molar-refractivity contribution is 8.19. The van der Waals surface area contributed by atoms with E-state index in [0.29, 0.717) is 15.8 Å². The number of anilines is 1. The maximum atomic E-state index is 13.2. The summed E-state index contributed by atoms with van der Waals surface area (Å²) < 4.78 is 18.8. The van der Waals surface area contributed by atoms with E-state index in [1.54, 1.807) is 18.2 Å². The number of benzene rings is 2. The maximum Gasteiger partial charge on any atom is 0.338 e. The molecule has 1 atom stereocenters. The maximum absolute atomic E-state index is 13.2. The van der Waals surface area contributed by atoms with Gasteiger partial charge in [0.15, 0.2) is 6.10 Å². The van der Waals surface area contributed by atoms with Crippen molar-refractivity contribution in [3.8, 4) is 0 Å². The number of esters is 1. The minimum atomic E-state index is -0.994. The van der Waals surface area contributed by atoms with Crippen LogP contribution in [-0.4, -0.2) is 29.5 Å². The molecule has 26 heavy (non-hydrogen) atoms. The van der Waals surface area contributed by atoms with Crippen LogP contribution in [0.15, 0.2) is 48.5 Å². The normalized spacial score (nSPS) is 15.5. The van der Waals surface area contributed by atoms with Gasteiger partial charge in [-0.25, -0.2) is 9.18 Å². The predicted molar refractivity (Wildman–Crippen MR) is 104 cm³/mol. The molecule has 1 fully saturated rings. The van der Waals surface area contributed by atoms with Gasteiger partial charge in [0.1, 0.15) is 5.82 Å². The predicted octanol–water partition coefficient (Wildman–Crippen LogP) is 4.49. The zero-order valence-corrected chi connectivity index (χ0v) is 15.7. The summed E-state index contributed by atoms with van der Waals surface area (Å²) in [5.74, 6) is 0.740. The molecule has 0 saturated carbocycles. The molecule has 1 aliphatic heterocycles. The van der Waals surface area contributed by atoms with Gasteiger partial charge < -0.3 is 10.1 Å². The molecule has 0 spiro atoms. The second-order valence-electron chi connectivity index (χ2n) is 5.74. The molecule has 0 bridgehead atoms. The number of nitrogens with one attached hydrogen (secondary N) is 1. The van der Waals surface area contributed by atoms with Crippen molar-refractivity contribution in [2.75, 3.05) is 16.8 Å². The first-order valence-electron chi connectivity index (χ1n) is 8.13. The standard InChI is InChI=1S/C19H18FNO3S2/c1-12(17(22)21-16-4-2-3-15(20)11-16)24-18(23)13-5-7-14(8-6-13)19-25-9-10-26-19/h2-8,11-12,19H,9-10H2,1H3,(H,21,22)/t12-/m0/s1. The average molecular weight is 391 g/mol. The van der Waals surface area contributed by atoms with Crippen LogP contribution in [0, 0.1) is 5.82 Å². The molecule has 0 aromatic heterocycles. The number of thioether (sulfide) groups is 2. The van der Waals surface area contributed by atoms with Crippen LogP contribution in [0.25, 0.3) is 0 Å². The highest BCUT2D eigenvalue weighted by Crippen LogP contribution is 2.45. The zero-order valence-electron chi connectivity index (χ0n) is 14.1. The molecule has 1 amide bonds. The molecule has 0 unspecified atom stereocenters. The van der Waals surface area contributed by atoms with Crippen LogP contribution in [0.5, 0.6) is 0 Å². The van der Waals surface area contributed by atoms with Crippen LogP contribution in [0.3, 0.4) is 0 Å². The van der Waals surface area contributed by atoms with E-state index in [1.165, 1.54) is 30.7 Å². The average Bonchev–Trinajstić information content (AvgIpc) is 3.16. The van der Waals surface area contributed by atoms with Gasteiger partial charge in [-0.3, -0.25) is 4.79 Å². The summed E-state index contributed by atoms with van der Waals surface area (Å²) in [5.41, 5.74) is 1.88. The summed E-state index contributed by atoms with van der Waals surface area (Å²) in [6, 6.07) is 12.8. The van der Waals surface area contributed by atoms with Crippen molar-refractivity contribution in [3.63, 3.8) is 0 Å². The Morgan fingerprint density at radius 1 is 1.15 bits per heavy atom. The van der Waals surface area contributed by atoms with Gasteiger partial charge in [-0.15, -0.1) is 23.5 Å². The molecule has 1 heterocycles. The molecule has 0 radical (unpaired) electrons. The fourth-order valence-corrected chi connectivity index (χ4v) is 5.28. The lowest BCUT2D eigenvalue weighted by atomic mass is 10.1. The fourth-order valence-electron chi connectivity index (χ4n) is 2.42. The Morgan fingerprint density at radius 3 is 2.50 bits per heavy atom. The van der Waals surface area contributed by atoms with E-state index in [4.69, 9.17) is 4.74 Å². The smallest absolute Gasteiger partial charge is 0.338 e. The molecule has 2 aromatic rings. The summed E-state index contributed by atoms with van der Waals surface area (Å²) in [6.45, 7) is 1.48. The molecule has 1 N–H and O–H groups in total. The Balaban J connectivity index is 1.57. The van der Waals surface area contributed by atoms with Crippen molar-refractivity contribution < 1.29 is 18.7 Å². The van der Waals surface area contributed by atoms with Crippen LogP contribution in [0.1, 0.15) is 27.4 Å². The second-order valence-corrected chi connectivity index (χ2v) is 8.47. The van der Waals surface area contributed by atoms with Crippen LogP contribution in [0.4, 0.5) is 10.1 Å². The van der Waals surface area contributed by atoms with Gasteiger partial charge >= 0.3 is 5.97 Å². The number of hydrogen-bond donors (Lipinski definition) is 1. The first kappa shape index (κ1) is 18.8. The summed E-state index contributed by atoms with van der Waals surface area (Å²) in [4.78, 5) is 24.3. The molecule has 2 aromatic carbocycles. The lowest BCUT2D eigenvalue weighted by Crippen LogP contribution is -2.30. The van der Waals surface area contributed by atoms with E-state index in [-0.39, 0.29) is 0 Å². The third-order valence-electron chi connectivity index (χ3n) is 3.79. The van der Waals surface area contributed by atoms with Gasteiger partial charge in [-0.2, -0.15) is 0 Å². The second kappa shape index (κ2) is 8.60. The molecular weight excluding hydrogens is 373 g/mol. The Bertz CT molecular complexity index is 792. The lowest BCUT2D eigenvalue weighted by Gasteiger charge is -2.14. The molecule has 0 aliphatic carbocycles. The van der Waals surface area contributed by atoms with E-state index in [1.807, 2.05) is 35.7 Å². The van der Waals surface area contributed by atoms with Gasteiger partial charge in [-0.1, -0.05) is 18.2 Å². The largest absolute Gasteiger partial charge is 0.449 e. The Kier molecular flexibility index (Phi) is 6.21. The third-order valence-corrected chi connectivity index (χ3v) is 6.89. The van der Waals surface area contributed by atoms with Crippen molar-refractivity contribution in [3.05, 3.63) is 65.5 Å². The number of rotatable bonds is 5. The third kappa shape index (κ3) is 4.80. The van der Waals surface area contributed by atoms with E-state index in [9.17, 15) is 14.0 Å². The molecule has 7 heteroatoms. The van der Waals surface area contributed by atoms with Crippen molar-refractivity contribution in [2.45, 2.75) is 17.6 Å². The topological polar surface area (TPSA) is 55.4 Å². The Morgan fingerprint density at radius 2 is 1.85 bits per heavy atom. The summed E-state index contributed by atoms with van der Waals surface area (Å²) in [6.07, 6.45) is -0.994. The number of ether oxygens (including phenoxy) is 1. The molecule has 3 rings (SSSR count). The van der Waals surface area contributed by atoms with Crippen molar-refractivity contribution in [2.24, 2.45) is 0 Å². The number of carbonyl (C=O) groups excluding carboxylic acids is 2. The minimum absolute atomic E-state index is 0.314. The van der Waals surface area contributed by atoms with E-state index in [2.05, 4.69) is 5.32 Å². The van der Waals surface area contributed by atoms with Crippen LogP contribution >= 0.6 is 23.5 Å². The minimum Gasteiger partial charge on any atom is -0.449 e. The van der Waals surface area contributed by atoms with Crippen LogP contribution in [0.2, 0.25) is 0 Å². The Labute approximate surface area is 159 Å². The van der Waals surface area contributed by atoms with Crippen LogP contribution < -0.4 is 5.32 Å². The first-order chi connectivity index (χ1) is 12.5. The van der Waals surface area contributed by atoms with E-state index in [0.717, 1.165) is 11.5 Å². The Hall–Kier alpha value is -1.99. The molecular formula is C19H18FNO3S2. The monoisotopic (exact) mass is 391 g/mol. The van der Waals surface area contributed by atoms with Gasteiger partial charge in [0.25, 0.3) is 5.91 Å². The van der Waals surface area contributed by atoms with Crippen molar-refractivity contribution >= 4 is 41.1 Å². The fraction of sp³-hybridized carbons (Fsp3) is 0.263. The lowest BCUT2D eigenvalue weighted by molar-refractivity contribution is -0.123. The summed E-state index contributed by atoms with van der Waals surface area (Å²) in [7, 11) is 0. The highest BCUT2D eigenvalue weighted by Gasteiger charge is 2.21. The first-order valence-corrected chi connectivity index (χ1v) is 10.2. The molecule has 1 aliphatic rings. The molecule has 4 nitrogen and oxygen atoms in total. The quantitative estimate of drug-likeness (QED) is 0.761. The number of hydrogen-bond acceptors (Lipinski definition) is 5. The summed E-state index contributed by atoms with van der Waals surface area (Å²) in [5, 5.41) is 2.52. The molecule has 1 saturated heterocycles. The summed E-state index contributed by atoms with van der Waals surface area (Å²) >= 11 is 3.79. The van der Waals surface area contributed by atoms with Crippen molar-refractivity contribution in [1.82, 2.24) is 0 Å². The highest BCUT2D eigenvalue weighted by atomic mass is 32.2. The van der Waals surface area contributed by atoms with Gasteiger partial charge in [0, 0.05) is 17.2 Å². The van der Waals surface area contributed by atoms with Gasteiger partial charge in [0.05, 0.1) is 10.1 Å². The molecule has 136 valence electrons. The van der Waals surface area contributed by atoms with Crippen molar-refractivity contribution in [1.29, 1.82) is 0 Å². The van der Waals surface area contributed by atoms with E-state index >= 15 is 0 Å². The number of carbonyl (C=O) groups is 2. The van der Waals surface area contributed by atoms with Gasteiger partial charge in [0.2, 0.25) is 0 Å². The zero-order chi connectivity index (χ0) is 18.5. The van der Waals surface area contributed by atoms with Gasteiger partial charge in [-0.05, 0) is 42.8 Å². The van der Waals surface area contributed by atoms with E-state index < -0.39 is 23.8 Å². The number of halogens is 1.